The smallest absolute Gasteiger partial charge is 0.0876 e. The van der Waals surface area contributed by atoms with Crippen LogP contribution in [0.25, 0.3) is 10.9 Å². The van der Waals surface area contributed by atoms with Crippen molar-refractivity contribution < 1.29 is 4.74 Å². The van der Waals surface area contributed by atoms with E-state index in [1.54, 1.807) is 6.26 Å². The minimum atomic E-state index is -0.209. The maximum Gasteiger partial charge on any atom is 0.0876 e. The van der Waals surface area contributed by atoms with Gasteiger partial charge in [-0.2, -0.15) is 0 Å². The molecule has 0 saturated carbocycles. The Kier molecular flexibility index (Phi) is 3.53. The molecule has 0 aliphatic carbocycles. The first-order valence-electron chi connectivity index (χ1n) is 6.37. The van der Waals surface area contributed by atoms with Gasteiger partial charge in [-0.15, -0.1) is 0 Å². The Bertz CT molecular complexity index is 639. The molecular formula is C15H15BrN2O. The van der Waals surface area contributed by atoms with Crippen LogP contribution >= 0.6 is 15.9 Å². The molecule has 98 valence electrons. The molecule has 4 heteroatoms. The molecular weight excluding hydrogens is 304 g/mol. The van der Waals surface area contributed by atoms with Gasteiger partial charge < -0.3 is 10.5 Å². The summed E-state index contributed by atoms with van der Waals surface area (Å²) in [6, 6.07) is 9.91. The summed E-state index contributed by atoms with van der Waals surface area (Å²) in [7, 11) is 0. The van der Waals surface area contributed by atoms with Crippen LogP contribution in [0.3, 0.4) is 0 Å². The molecule has 1 aromatic carbocycles. The summed E-state index contributed by atoms with van der Waals surface area (Å²) < 4.78 is 6.32. The molecule has 0 amide bonds. The predicted octanol–water partition coefficient (Wildman–Crippen LogP) is 3.69. The Labute approximate surface area is 120 Å². The molecule has 0 fully saturated rings. The van der Waals surface area contributed by atoms with Gasteiger partial charge in [0.05, 0.1) is 30.1 Å². The van der Waals surface area contributed by atoms with Crippen LogP contribution in [-0.4, -0.2) is 11.6 Å². The molecule has 3 rings (SSSR count). The van der Waals surface area contributed by atoms with E-state index in [1.807, 2.05) is 24.3 Å². The van der Waals surface area contributed by atoms with Crippen LogP contribution in [0.15, 0.2) is 46.6 Å². The highest BCUT2D eigenvalue weighted by molar-refractivity contribution is 9.10. The number of hydrogen-bond donors (Lipinski definition) is 1. The third-order valence-corrected chi connectivity index (χ3v) is 4.00. The molecule has 1 unspecified atom stereocenters. The molecule has 2 N–H and O–H groups in total. The van der Waals surface area contributed by atoms with Crippen LogP contribution in [0.1, 0.15) is 24.6 Å². The maximum atomic E-state index is 6.32. The van der Waals surface area contributed by atoms with Crippen molar-refractivity contribution >= 4 is 26.8 Å². The lowest BCUT2D eigenvalue weighted by Gasteiger charge is -2.20. The Morgan fingerprint density at radius 3 is 2.95 bits per heavy atom. The third kappa shape index (κ3) is 2.51. The summed E-state index contributed by atoms with van der Waals surface area (Å²) in [5.74, 6) is 0. The van der Waals surface area contributed by atoms with Crippen molar-refractivity contribution in [1.82, 2.24) is 4.98 Å². The van der Waals surface area contributed by atoms with Crippen molar-refractivity contribution in [3.63, 3.8) is 0 Å². The van der Waals surface area contributed by atoms with Gasteiger partial charge >= 0.3 is 0 Å². The van der Waals surface area contributed by atoms with Gasteiger partial charge in [0.1, 0.15) is 0 Å². The quantitative estimate of drug-likeness (QED) is 0.918. The van der Waals surface area contributed by atoms with Crippen molar-refractivity contribution in [2.24, 2.45) is 5.73 Å². The highest BCUT2D eigenvalue weighted by Gasteiger charge is 2.19. The fraction of sp³-hybridized carbons (Fsp3) is 0.267. The molecule has 1 atom stereocenters. The van der Waals surface area contributed by atoms with E-state index in [0.29, 0.717) is 0 Å². The first-order chi connectivity index (χ1) is 9.25. The summed E-state index contributed by atoms with van der Waals surface area (Å²) in [6.45, 7) is 0.780. The molecule has 1 aliphatic rings. The van der Waals surface area contributed by atoms with E-state index in [4.69, 9.17) is 10.5 Å². The lowest BCUT2D eigenvalue weighted by atomic mass is 9.99. The predicted molar refractivity (Wildman–Crippen MR) is 79.6 cm³/mol. The van der Waals surface area contributed by atoms with Gasteiger partial charge in [0.2, 0.25) is 0 Å². The molecule has 2 heterocycles. The Morgan fingerprint density at radius 2 is 2.16 bits per heavy atom. The van der Waals surface area contributed by atoms with Crippen molar-refractivity contribution in [3.8, 4) is 0 Å². The fourth-order valence-electron chi connectivity index (χ4n) is 2.31. The zero-order chi connectivity index (χ0) is 13.2. The van der Waals surface area contributed by atoms with Gasteiger partial charge in [-0.3, -0.25) is 0 Å². The summed E-state index contributed by atoms with van der Waals surface area (Å²) in [5, 5.41) is 1.11. The second-order valence-electron chi connectivity index (χ2n) is 4.69. The number of nitrogens with two attached hydrogens (primary N) is 1. The van der Waals surface area contributed by atoms with Crippen LogP contribution in [-0.2, 0) is 4.74 Å². The largest absolute Gasteiger partial charge is 0.501 e. The fourth-order valence-corrected chi connectivity index (χ4v) is 2.89. The van der Waals surface area contributed by atoms with Gasteiger partial charge in [0.15, 0.2) is 0 Å². The number of hydrogen-bond acceptors (Lipinski definition) is 3. The van der Waals surface area contributed by atoms with Gasteiger partial charge in [0, 0.05) is 9.86 Å². The standard InChI is InChI=1S/C15H15BrN2O/c16-12-8-10-4-1-2-6-13(10)18-15(12)14(17)11-5-3-7-19-9-11/h1-2,4,6,8-9,14H,3,5,7,17H2. The lowest BCUT2D eigenvalue weighted by Crippen LogP contribution is -2.18. The Hall–Kier alpha value is -1.39. The van der Waals surface area contributed by atoms with Crippen molar-refractivity contribution in [2.45, 2.75) is 18.9 Å². The number of benzene rings is 1. The second kappa shape index (κ2) is 5.31. The van der Waals surface area contributed by atoms with E-state index in [1.165, 1.54) is 0 Å². The molecule has 1 aliphatic heterocycles. The van der Waals surface area contributed by atoms with Gasteiger partial charge in [0.25, 0.3) is 0 Å². The van der Waals surface area contributed by atoms with Crippen LogP contribution < -0.4 is 5.73 Å². The first kappa shape index (κ1) is 12.6. The highest BCUT2D eigenvalue weighted by Crippen LogP contribution is 2.31. The average Bonchev–Trinajstić information content (AvgIpc) is 2.47. The number of pyridine rings is 1. The summed E-state index contributed by atoms with van der Waals surface area (Å²) >= 11 is 3.57. The van der Waals surface area contributed by atoms with E-state index in [2.05, 4.69) is 27.0 Å². The molecule has 0 radical (unpaired) electrons. The minimum absolute atomic E-state index is 0.209. The number of fused-ring (bicyclic) bond motifs is 1. The zero-order valence-electron chi connectivity index (χ0n) is 10.5. The summed E-state index contributed by atoms with van der Waals surface area (Å²) in [5.41, 5.74) is 9.26. The first-order valence-corrected chi connectivity index (χ1v) is 7.16. The van der Waals surface area contributed by atoms with E-state index >= 15 is 0 Å². The zero-order valence-corrected chi connectivity index (χ0v) is 12.1. The molecule has 3 nitrogen and oxygen atoms in total. The molecule has 0 saturated heterocycles. The van der Waals surface area contributed by atoms with E-state index in [0.717, 1.165) is 46.1 Å². The van der Waals surface area contributed by atoms with Crippen LogP contribution in [0.4, 0.5) is 0 Å². The lowest BCUT2D eigenvalue weighted by molar-refractivity contribution is 0.221. The van der Waals surface area contributed by atoms with Gasteiger partial charge in [-0.1, -0.05) is 18.2 Å². The van der Waals surface area contributed by atoms with Crippen LogP contribution in [0.2, 0.25) is 0 Å². The van der Waals surface area contributed by atoms with E-state index in [9.17, 15) is 0 Å². The molecule has 2 aromatic rings. The number of nitrogens with zero attached hydrogens (tertiary/aromatic N) is 1. The molecule has 0 bridgehead atoms. The topological polar surface area (TPSA) is 48.1 Å². The summed E-state index contributed by atoms with van der Waals surface area (Å²) in [4.78, 5) is 4.68. The highest BCUT2D eigenvalue weighted by atomic mass is 79.9. The van der Waals surface area contributed by atoms with Crippen LogP contribution in [0, 0.1) is 0 Å². The number of halogens is 1. The normalized spacial score (nSPS) is 16.8. The monoisotopic (exact) mass is 318 g/mol. The molecule has 1 aromatic heterocycles. The third-order valence-electron chi connectivity index (χ3n) is 3.36. The van der Waals surface area contributed by atoms with E-state index < -0.39 is 0 Å². The number of para-hydroxylation sites is 1. The Balaban J connectivity index is 2.04. The molecule has 19 heavy (non-hydrogen) atoms. The molecule has 0 spiro atoms. The minimum Gasteiger partial charge on any atom is -0.501 e. The number of rotatable bonds is 2. The van der Waals surface area contributed by atoms with Crippen molar-refractivity contribution in [1.29, 1.82) is 0 Å². The van der Waals surface area contributed by atoms with Crippen molar-refractivity contribution in [2.75, 3.05) is 6.61 Å². The second-order valence-corrected chi connectivity index (χ2v) is 5.55. The SMILES string of the molecule is NC(C1=COCCC1)c1nc2ccccc2cc1Br. The van der Waals surface area contributed by atoms with E-state index in [-0.39, 0.29) is 6.04 Å². The average molecular weight is 319 g/mol. The van der Waals surface area contributed by atoms with Crippen molar-refractivity contribution in [3.05, 3.63) is 52.3 Å². The van der Waals surface area contributed by atoms with Crippen LogP contribution in [0.5, 0.6) is 0 Å². The maximum absolute atomic E-state index is 6.32. The van der Waals surface area contributed by atoms with Gasteiger partial charge in [-0.25, -0.2) is 4.98 Å². The summed E-state index contributed by atoms with van der Waals surface area (Å²) in [6.07, 6.45) is 3.78. The Morgan fingerprint density at radius 1 is 1.32 bits per heavy atom. The van der Waals surface area contributed by atoms with Gasteiger partial charge in [-0.05, 0) is 46.5 Å². The number of ether oxygens (including phenoxy) is 1. The number of aromatic nitrogens is 1.